The first-order valence-corrected chi connectivity index (χ1v) is 6.67. The van der Waals surface area contributed by atoms with Gasteiger partial charge in [-0.3, -0.25) is 0 Å². The van der Waals surface area contributed by atoms with Crippen LogP contribution in [0.25, 0.3) is 0 Å². The number of allylic oxidation sites excluding steroid dienone is 4. The standard InChI is InChI=1S/C13H13F2NOS/c1-3-12(7-4-10(2)14)18(16,17)13-8-5-11(15)6-9-13/h3-9,16H,2H2,1H3/b7-4-,12-3+. The van der Waals surface area contributed by atoms with Gasteiger partial charge in [0.05, 0.1) is 4.90 Å². The SMILES string of the molecule is C=C(F)/C=C\C(=C/C)S(=N)(=O)c1ccc(F)cc1. The molecule has 0 spiro atoms. The molecular formula is C13H13F2NOS. The summed E-state index contributed by atoms with van der Waals surface area (Å²) >= 11 is 0. The van der Waals surface area contributed by atoms with Crippen LogP contribution in [-0.4, -0.2) is 4.21 Å². The largest absolute Gasteiger partial charge is 0.245 e. The summed E-state index contributed by atoms with van der Waals surface area (Å²) in [6.07, 6.45) is 3.73. The monoisotopic (exact) mass is 269 g/mol. The summed E-state index contributed by atoms with van der Waals surface area (Å²) in [6.45, 7) is 4.64. The molecule has 1 rings (SSSR count). The van der Waals surface area contributed by atoms with Gasteiger partial charge >= 0.3 is 0 Å². The highest BCUT2D eigenvalue weighted by Gasteiger charge is 2.13. The Morgan fingerprint density at radius 2 is 1.89 bits per heavy atom. The molecule has 18 heavy (non-hydrogen) atoms. The fraction of sp³-hybridized carbons (Fsp3) is 0.0769. The van der Waals surface area contributed by atoms with Gasteiger partial charge in [-0.05, 0) is 43.3 Å². The van der Waals surface area contributed by atoms with Crippen LogP contribution in [0.5, 0.6) is 0 Å². The van der Waals surface area contributed by atoms with Crippen molar-refractivity contribution in [1.82, 2.24) is 0 Å². The van der Waals surface area contributed by atoms with Crippen LogP contribution >= 0.6 is 0 Å². The maximum atomic E-state index is 12.8. The van der Waals surface area contributed by atoms with Gasteiger partial charge in [-0.15, -0.1) is 0 Å². The molecule has 0 heterocycles. The van der Waals surface area contributed by atoms with E-state index in [0.29, 0.717) is 0 Å². The second kappa shape index (κ2) is 5.73. The molecule has 1 aromatic carbocycles. The molecule has 5 heteroatoms. The molecule has 0 amide bonds. The Morgan fingerprint density at radius 1 is 1.33 bits per heavy atom. The van der Waals surface area contributed by atoms with Crippen molar-refractivity contribution in [2.75, 3.05) is 0 Å². The predicted octanol–water partition coefficient (Wildman–Crippen LogP) is 4.17. The van der Waals surface area contributed by atoms with E-state index in [1.54, 1.807) is 6.92 Å². The Hall–Kier alpha value is -1.75. The van der Waals surface area contributed by atoms with Crippen molar-refractivity contribution >= 4 is 9.73 Å². The molecule has 0 aromatic heterocycles. The summed E-state index contributed by atoms with van der Waals surface area (Å²) in [5.74, 6) is -1.16. The fourth-order valence-electron chi connectivity index (χ4n) is 1.29. The Kier molecular flexibility index (Phi) is 4.55. The van der Waals surface area contributed by atoms with Crippen molar-refractivity contribution in [3.63, 3.8) is 0 Å². The summed E-state index contributed by atoms with van der Waals surface area (Å²) in [4.78, 5) is 0.319. The van der Waals surface area contributed by atoms with Crippen molar-refractivity contribution in [2.45, 2.75) is 11.8 Å². The van der Waals surface area contributed by atoms with Crippen LogP contribution < -0.4 is 0 Å². The number of hydrogen-bond donors (Lipinski definition) is 1. The number of benzene rings is 1. The summed E-state index contributed by atoms with van der Waals surface area (Å²) in [5.41, 5.74) is 0. The van der Waals surface area contributed by atoms with E-state index in [1.165, 1.54) is 24.3 Å². The number of rotatable bonds is 4. The van der Waals surface area contributed by atoms with Crippen molar-refractivity contribution in [2.24, 2.45) is 0 Å². The number of nitrogens with one attached hydrogen (secondary N) is 1. The highest BCUT2D eigenvalue weighted by molar-refractivity contribution is 7.96. The third kappa shape index (κ3) is 3.37. The average Bonchev–Trinajstić information content (AvgIpc) is 2.29. The second-order valence-electron chi connectivity index (χ2n) is 3.48. The molecule has 1 atom stereocenters. The van der Waals surface area contributed by atoms with E-state index < -0.39 is 21.4 Å². The van der Waals surface area contributed by atoms with Gasteiger partial charge in [-0.1, -0.05) is 12.7 Å². The van der Waals surface area contributed by atoms with E-state index in [9.17, 15) is 13.0 Å². The first-order chi connectivity index (χ1) is 8.37. The normalized spacial score (nSPS) is 15.6. The molecule has 0 aliphatic heterocycles. The third-order valence-corrected chi connectivity index (χ3v) is 4.16. The van der Waals surface area contributed by atoms with Crippen molar-refractivity contribution in [1.29, 1.82) is 4.78 Å². The van der Waals surface area contributed by atoms with Crippen molar-refractivity contribution in [3.8, 4) is 0 Å². The van der Waals surface area contributed by atoms with Crippen LogP contribution in [0.2, 0.25) is 0 Å². The molecule has 0 bridgehead atoms. The summed E-state index contributed by atoms with van der Waals surface area (Å²) in [7, 11) is -3.26. The quantitative estimate of drug-likeness (QED) is 0.819. The summed E-state index contributed by atoms with van der Waals surface area (Å²) in [5, 5.41) is 0. The zero-order valence-electron chi connectivity index (χ0n) is 9.82. The minimum atomic E-state index is -3.26. The van der Waals surface area contributed by atoms with Gasteiger partial charge in [-0.25, -0.2) is 17.8 Å². The zero-order chi connectivity index (χ0) is 13.8. The molecule has 1 aromatic rings. The van der Waals surface area contributed by atoms with Gasteiger partial charge in [-0.2, -0.15) is 0 Å². The Bertz CT molecular complexity index is 598. The minimum absolute atomic E-state index is 0.146. The molecule has 0 radical (unpaired) electrons. The van der Waals surface area contributed by atoms with Crippen molar-refractivity contribution < 1.29 is 13.0 Å². The molecule has 1 unspecified atom stereocenters. The van der Waals surface area contributed by atoms with Crippen LogP contribution in [0.4, 0.5) is 8.78 Å². The van der Waals surface area contributed by atoms with Gasteiger partial charge in [0.2, 0.25) is 0 Å². The molecule has 96 valence electrons. The van der Waals surface area contributed by atoms with E-state index in [-0.39, 0.29) is 9.80 Å². The van der Waals surface area contributed by atoms with Gasteiger partial charge in [0.1, 0.15) is 21.4 Å². The lowest BCUT2D eigenvalue weighted by Crippen LogP contribution is -2.01. The molecular weight excluding hydrogens is 256 g/mol. The maximum absolute atomic E-state index is 12.8. The molecule has 0 saturated carbocycles. The van der Waals surface area contributed by atoms with Crippen LogP contribution in [0.15, 0.2) is 64.7 Å². The molecule has 1 N–H and O–H groups in total. The summed E-state index contributed by atoms with van der Waals surface area (Å²) in [6, 6.07) is 4.84. The Labute approximate surface area is 105 Å². The van der Waals surface area contributed by atoms with E-state index in [2.05, 4.69) is 6.58 Å². The lowest BCUT2D eigenvalue weighted by atomic mass is 10.3. The van der Waals surface area contributed by atoms with Gasteiger partial charge in [0.15, 0.2) is 0 Å². The van der Waals surface area contributed by atoms with Crippen LogP contribution in [-0.2, 0) is 9.73 Å². The second-order valence-corrected chi connectivity index (χ2v) is 5.54. The molecule has 0 saturated heterocycles. The van der Waals surface area contributed by atoms with E-state index in [4.69, 9.17) is 4.78 Å². The Balaban J connectivity index is 3.20. The summed E-state index contributed by atoms with van der Waals surface area (Å²) < 4.78 is 45.5. The minimum Gasteiger partial charge on any atom is -0.245 e. The van der Waals surface area contributed by atoms with Gasteiger partial charge < -0.3 is 0 Å². The highest BCUT2D eigenvalue weighted by atomic mass is 32.2. The lowest BCUT2D eigenvalue weighted by Gasteiger charge is -2.08. The van der Waals surface area contributed by atoms with Crippen LogP contribution in [0.1, 0.15) is 6.92 Å². The van der Waals surface area contributed by atoms with Gasteiger partial charge in [0, 0.05) is 4.91 Å². The molecule has 0 fully saturated rings. The maximum Gasteiger partial charge on any atom is 0.123 e. The van der Waals surface area contributed by atoms with Crippen LogP contribution in [0.3, 0.4) is 0 Å². The first-order valence-electron chi connectivity index (χ1n) is 5.11. The third-order valence-electron chi connectivity index (χ3n) is 2.19. The number of hydrogen-bond acceptors (Lipinski definition) is 2. The van der Waals surface area contributed by atoms with Crippen molar-refractivity contribution in [3.05, 3.63) is 65.6 Å². The van der Waals surface area contributed by atoms with E-state index >= 15 is 0 Å². The predicted molar refractivity (Wildman–Crippen MR) is 68.7 cm³/mol. The average molecular weight is 269 g/mol. The van der Waals surface area contributed by atoms with Gasteiger partial charge in [0.25, 0.3) is 0 Å². The van der Waals surface area contributed by atoms with E-state index in [1.807, 2.05) is 0 Å². The van der Waals surface area contributed by atoms with E-state index in [0.717, 1.165) is 18.2 Å². The number of halogens is 2. The zero-order valence-corrected chi connectivity index (χ0v) is 10.6. The van der Waals surface area contributed by atoms with Crippen LogP contribution in [0, 0.1) is 10.6 Å². The Morgan fingerprint density at radius 3 is 2.33 bits per heavy atom. The smallest absolute Gasteiger partial charge is 0.123 e. The fourth-order valence-corrected chi connectivity index (χ4v) is 2.68. The topological polar surface area (TPSA) is 40.9 Å². The molecule has 0 aliphatic rings. The molecule has 2 nitrogen and oxygen atoms in total. The molecule has 0 aliphatic carbocycles. The lowest BCUT2D eigenvalue weighted by molar-refractivity contribution is 0.626. The highest BCUT2D eigenvalue weighted by Crippen LogP contribution is 2.21. The first kappa shape index (κ1) is 14.3.